The minimum Gasteiger partial charge on any atom is -0.489 e. The van der Waals surface area contributed by atoms with Gasteiger partial charge in [-0.05, 0) is 42.0 Å². The minimum absolute atomic E-state index is 0.382. The summed E-state index contributed by atoms with van der Waals surface area (Å²) in [5.74, 6) is 6.05. The first-order chi connectivity index (χ1) is 9.19. The number of benzene rings is 1. The molecule has 0 atom stereocenters. The Morgan fingerprint density at radius 2 is 2.00 bits per heavy atom. The Bertz CT molecular complexity index is 569. The van der Waals surface area contributed by atoms with Crippen LogP contribution in [0, 0.1) is 0 Å². The maximum atomic E-state index is 10.9. The summed E-state index contributed by atoms with van der Waals surface area (Å²) in [6.45, 7) is 0.382. The molecule has 1 amide bonds. The van der Waals surface area contributed by atoms with Crippen molar-refractivity contribution in [1.82, 2.24) is 4.98 Å². The fourth-order valence-corrected chi connectivity index (χ4v) is 1.53. The van der Waals surface area contributed by atoms with E-state index in [1.165, 1.54) is 0 Å². The van der Waals surface area contributed by atoms with E-state index in [-0.39, 0.29) is 0 Å². The average molecular weight is 258 g/mol. The number of primary amides is 1. The molecule has 1 aromatic heterocycles. The Morgan fingerprint density at radius 3 is 2.63 bits per heavy atom. The number of amides is 1. The van der Waals surface area contributed by atoms with Crippen molar-refractivity contribution in [2.45, 2.75) is 6.61 Å². The molecule has 0 aliphatic carbocycles. The third kappa shape index (κ3) is 3.43. The number of hydrazine groups is 1. The highest BCUT2D eigenvalue weighted by Gasteiger charge is 2.01. The van der Waals surface area contributed by atoms with E-state index in [0.29, 0.717) is 23.7 Å². The molecule has 6 heteroatoms. The largest absolute Gasteiger partial charge is 0.489 e. The zero-order chi connectivity index (χ0) is 13.7. The molecule has 0 unspecified atom stereocenters. The van der Waals surface area contributed by atoms with Gasteiger partial charge in [0.15, 0.2) is 0 Å². The van der Waals surface area contributed by atoms with Crippen LogP contribution in [0.25, 0.3) is 0 Å². The van der Waals surface area contributed by atoms with Crippen LogP contribution in [-0.2, 0) is 6.61 Å². The highest BCUT2D eigenvalue weighted by Crippen LogP contribution is 2.14. The molecule has 5 N–H and O–H groups in total. The maximum Gasteiger partial charge on any atom is 0.248 e. The molecule has 0 saturated heterocycles. The summed E-state index contributed by atoms with van der Waals surface area (Å²) < 4.78 is 5.58. The number of hydrogen-bond acceptors (Lipinski definition) is 5. The molecular weight excluding hydrogens is 244 g/mol. The van der Waals surface area contributed by atoms with Gasteiger partial charge in [-0.15, -0.1) is 0 Å². The Kier molecular flexibility index (Phi) is 3.94. The van der Waals surface area contributed by atoms with Gasteiger partial charge >= 0.3 is 0 Å². The van der Waals surface area contributed by atoms with Gasteiger partial charge in [0.1, 0.15) is 18.2 Å². The molecule has 2 rings (SSSR count). The molecule has 19 heavy (non-hydrogen) atoms. The second-order valence-corrected chi connectivity index (χ2v) is 3.87. The van der Waals surface area contributed by atoms with Crippen LogP contribution < -0.4 is 21.7 Å². The van der Waals surface area contributed by atoms with E-state index in [0.717, 1.165) is 5.56 Å². The van der Waals surface area contributed by atoms with Crippen molar-refractivity contribution in [3.63, 3.8) is 0 Å². The Morgan fingerprint density at radius 1 is 1.26 bits per heavy atom. The molecule has 0 radical (unpaired) electrons. The molecule has 1 heterocycles. The number of anilines is 1. The summed E-state index contributed by atoms with van der Waals surface area (Å²) in [6.07, 6.45) is 1.64. The average Bonchev–Trinajstić information content (AvgIpc) is 2.46. The molecule has 0 saturated carbocycles. The van der Waals surface area contributed by atoms with E-state index in [9.17, 15) is 4.79 Å². The maximum absolute atomic E-state index is 10.9. The number of pyridine rings is 1. The lowest BCUT2D eigenvalue weighted by molar-refractivity contribution is 0.100. The molecule has 0 aliphatic rings. The first kappa shape index (κ1) is 12.8. The van der Waals surface area contributed by atoms with Crippen molar-refractivity contribution in [1.29, 1.82) is 0 Å². The summed E-state index contributed by atoms with van der Waals surface area (Å²) in [6, 6.07) is 10.3. The van der Waals surface area contributed by atoms with E-state index in [2.05, 4.69) is 10.4 Å². The number of nitrogens with one attached hydrogen (secondary N) is 1. The molecular formula is C13H14N4O2. The Hall–Kier alpha value is -2.60. The van der Waals surface area contributed by atoms with Gasteiger partial charge in [0.25, 0.3) is 0 Å². The van der Waals surface area contributed by atoms with Crippen LogP contribution >= 0.6 is 0 Å². The first-order valence-corrected chi connectivity index (χ1v) is 5.63. The smallest absolute Gasteiger partial charge is 0.248 e. The third-order valence-electron chi connectivity index (χ3n) is 2.52. The first-order valence-electron chi connectivity index (χ1n) is 5.63. The van der Waals surface area contributed by atoms with Gasteiger partial charge in [-0.1, -0.05) is 0 Å². The molecule has 1 aromatic carbocycles. The van der Waals surface area contributed by atoms with E-state index in [4.69, 9.17) is 16.3 Å². The summed E-state index contributed by atoms with van der Waals surface area (Å²) in [5, 5.41) is 0. The number of nitrogen functional groups attached to an aromatic ring is 1. The van der Waals surface area contributed by atoms with Crippen LogP contribution in [0.1, 0.15) is 15.9 Å². The van der Waals surface area contributed by atoms with Crippen LogP contribution in [0.2, 0.25) is 0 Å². The molecule has 0 aliphatic heterocycles. The summed E-state index contributed by atoms with van der Waals surface area (Å²) in [7, 11) is 0. The normalized spacial score (nSPS) is 9.95. The van der Waals surface area contributed by atoms with E-state index in [1.807, 2.05) is 6.07 Å². The predicted octanol–water partition coefficient (Wildman–Crippen LogP) is 1.05. The van der Waals surface area contributed by atoms with Crippen molar-refractivity contribution in [3.8, 4) is 5.75 Å². The van der Waals surface area contributed by atoms with E-state index >= 15 is 0 Å². The van der Waals surface area contributed by atoms with Gasteiger partial charge in [-0.3, -0.25) is 4.79 Å². The summed E-state index contributed by atoms with van der Waals surface area (Å²) in [5.41, 5.74) is 9.00. The number of hydrogen-bond donors (Lipinski definition) is 3. The van der Waals surface area contributed by atoms with Crippen molar-refractivity contribution in [2.75, 3.05) is 5.43 Å². The lowest BCUT2D eigenvalue weighted by atomic mass is 10.2. The monoisotopic (exact) mass is 258 g/mol. The van der Waals surface area contributed by atoms with Crippen LogP contribution in [0.3, 0.4) is 0 Å². The SMILES string of the molecule is NNc1cc(COc2ccc(C(N)=O)cc2)ccn1. The zero-order valence-corrected chi connectivity index (χ0v) is 10.2. The van der Waals surface area contributed by atoms with Gasteiger partial charge in [0.05, 0.1) is 0 Å². The second-order valence-electron chi connectivity index (χ2n) is 3.87. The van der Waals surface area contributed by atoms with E-state index in [1.54, 1.807) is 36.5 Å². The molecule has 2 aromatic rings. The lowest BCUT2D eigenvalue weighted by Crippen LogP contribution is -2.10. The van der Waals surface area contributed by atoms with Gasteiger partial charge in [-0.2, -0.15) is 0 Å². The quantitative estimate of drug-likeness (QED) is 0.549. The van der Waals surface area contributed by atoms with Crippen molar-refractivity contribution >= 4 is 11.7 Å². The van der Waals surface area contributed by atoms with Gasteiger partial charge < -0.3 is 15.9 Å². The second kappa shape index (κ2) is 5.83. The number of rotatable bonds is 5. The number of nitrogens with zero attached hydrogens (tertiary/aromatic N) is 1. The van der Waals surface area contributed by atoms with Crippen molar-refractivity contribution in [2.24, 2.45) is 11.6 Å². The van der Waals surface area contributed by atoms with Crippen LogP contribution in [0.4, 0.5) is 5.82 Å². The fourth-order valence-electron chi connectivity index (χ4n) is 1.53. The number of aromatic nitrogens is 1. The van der Waals surface area contributed by atoms with Crippen molar-refractivity contribution < 1.29 is 9.53 Å². The molecule has 98 valence electrons. The lowest BCUT2D eigenvalue weighted by Gasteiger charge is -2.07. The molecule has 0 fully saturated rings. The van der Waals surface area contributed by atoms with Crippen LogP contribution in [0.15, 0.2) is 42.6 Å². The summed E-state index contributed by atoms with van der Waals surface area (Å²) >= 11 is 0. The van der Waals surface area contributed by atoms with Gasteiger partial charge in [-0.25, -0.2) is 10.8 Å². The molecule has 0 spiro atoms. The minimum atomic E-state index is -0.459. The number of ether oxygens (including phenoxy) is 1. The number of carbonyl (C=O) groups is 1. The highest BCUT2D eigenvalue weighted by molar-refractivity contribution is 5.92. The van der Waals surface area contributed by atoms with Gasteiger partial charge in [0.2, 0.25) is 5.91 Å². The number of nitrogens with two attached hydrogens (primary N) is 2. The summed E-state index contributed by atoms with van der Waals surface area (Å²) in [4.78, 5) is 14.9. The highest BCUT2D eigenvalue weighted by atomic mass is 16.5. The van der Waals surface area contributed by atoms with E-state index < -0.39 is 5.91 Å². The zero-order valence-electron chi connectivity index (χ0n) is 10.2. The van der Waals surface area contributed by atoms with Crippen LogP contribution in [0.5, 0.6) is 5.75 Å². The standard InChI is InChI=1S/C13H14N4O2/c14-13(18)10-1-3-11(4-2-10)19-8-9-5-6-16-12(7-9)17-15/h1-7H,8,15H2,(H2,14,18)(H,16,17). The fraction of sp³-hybridized carbons (Fsp3) is 0.0769. The Balaban J connectivity index is 1.99. The Labute approximate surface area is 110 Å². The van der Waals surface area contributed by atoms with Crippen molar-refractivity contribution in [3.05, 3.63) is 53.7 Å². The predicted molar refractivity (Wildman–Crippen MR) is 71.3 cm³/mol. The van der Waals surface area contributed by atoms with Crippen LogP contribution in [-0.4, -0.2) is 10.9 Å². The van der Waals surface area contributed by atoms with Gasteiger partial charge in [0, 0.05) is 11.8 Å². The third-order valence-corrected chi connectivity index (χ3v) is 2.52. The molecule has 0 bridgehead atoms. The number of carbonyl (C=O) groups excluding carboxylic acids is 1. The molecule has 6 nitrogen and oxygen atoms in total. The topological polar surface area (TPSA) is 103 Å².